The number of H-pyrrole nitrogens is 1. The molecule has 2 heterocycles. The van der Waals surface area contributed by atoms with Crippen LogP contribution in [0.5, 0.6) is 0 Å². The number of hydrogen-bond acceptors (Lipinski definition) is 3. The van der Waals surface area contributed by atoms with Gasteiger partial charge in [-0.1, -0.05) is 28.1 Å². The van der Waals surface area contributed by atoms with Gasteiger partial charge in [0.15, 0.2) is 0 Å². The molecule has 4 rings (SSSR count). The molecule has 0 amide bonds. The average molecular weight is 389 g/mol. The van der Waals surface area contributed by atoms with Crippen molar-refractivity contribution in [2.75, 3.05) is 5.32 Å². The van der Waals surface area contributed by atoms with Crippen molar-refractivity contribution in [3.8, 4) is 17.2 Å². The van der Waals surface area contributed by atoms with E-state index in [0.29, 0.717) is 5.56 Å². The normalized spacial score (nSPS) is 10.6. The zero-order chi connectivity index (χ0) is 17.2. The van der Waals surface area contributed by atoms with Crippen LogP contribution in [0, 0.1) is 11.3 Å². The summed E-state index contributed by atoms with van der Waals surface area (Å²) in [7, 11) is 0. The largest absolute Gasteiger partial charge is 0.361 e. The Morgan fingerprint density at radius 2 is 1.88 bits per heavy atom. The van der Waals surface area contributed by atoms with Crippen LogP contribution in [0.1, 0.15) is 5.56 Å². The molecule has 2 aromatic carbocycles. The highest BCUT2D eigenvalue weighted by Crippen LogP contribution is 2.33. The number of halogens is 1. The molecule has 0 fully saturated rings. The Kier molecular flexibility index (Phi) is 3.96. The van der Waals surface area contributed by atoms with Crippen molar-refractivity contribution in [2.45, 2.75) is 0 Å². The summed E-state index contributed by atoms with van der Waals surface area (Å²) < 4.78 is 1.01. The Morgan fingerprint density at radius 1 is 1.04 bits per heavy atom. The second-order valence-corrected chi connectivity index (χ2v) is 6.55. The van der Waals surface area contributed by atoms with Crippen molar-refractivity contribution in [1.29, 1.82) is 5.26 Å². The fourth-order valence-corrected chi connectivity index (χ4v) is 3.07. The van der Waals surface area contributed by atoms with Gasteiger partial charge in [0.05, 0.1) is 11.3 Å². The lowest BCUT2D eigenvalue weighted by Crippen LogP contribution is -1.98. The number of pyridine rings is 1. The maximum absolute atomic E-state index is 9.51. The van der Waals surface area contributed by atoms with Gasteiger partial charge in [-0.25, -0.2) is 0 Å². The summed E-state index contributed by atoms with van der Waals surface area (Å²) in [6.07, 6.45) is 5.27. The van der Waals surface area contributed by atoms with Crippen molar-refractivity contribution in [3.05, 3.63) is 77.2 Å². The number of hydrogen-bond donors (Lipinski definition) is 2. The molecule has 0 atom stereocenters. The predicted molar refractivity (Wildman–Crippen MR) is 104 cm³/mol. The highest BCUT2D eigenvalue weighted by Gasteiger charge is 2.12. The number of anilines is 2. The molecule has 0 saturated carbocycles. The van der Waals surface area contributed by atoms with E-state index in [4.69, 9.17) is 0 Å². The van der Waals surface area contributed by atoms with E-state index in [1.165, 1.54) is 0 Å². The molecule has 0 bridgehead atoms. The van der Waals surface area contributed by atoms with E-state index < -0.39 is 0 Å². The van der Waals surface area contributed by atoms with Crippen LogP contribution >= 0.6 is 15.9 Å². The Bertz CT molecular complexity index is 1090. The summed E-state index contributed by atoms with van der Waals surface area (Å²) in [5.74, 6) is 0. The molecular formula is C20H13BrN4. The van der Waals surface area contributed by atoms with E-state index in [-0.39, 0.29) is 0 Å². The molecule has 0 radical (unpaired) electrons. The minimum Gasteiger partial charge on any atom is -0.361 e. The van der Waals surface area contributed by atoms with Crippen LogP contribution in [0.15, 0.2) is 71.6 Å². The first-order valence-corrected chi connectivity index (χ1v) is 8.52. The van der Waals surface area contributed by atoms with Gasteiger partial charge in [-0.05, 0) is 42.0 Å². The van der Waals surface area contributed by atoms with Gasteiger partial charge in [0.25, 0.3) is 0 Å². The van der Waals surface area contributed by atoms with Crippen molar-refractivity contribution in [2.24, 2.45) is 0 Å². The minimum atomic E-state index is 0.509. The number of nitriles is 1. The number of aromatic amines is 1. The van der Waals surface area contributed by atoms with Gasteiger partial charge < -0.3 is 10.3 Å². The Labute approximate surface area is 153 Å². The first-order chi connectivity index (χ1) is 12.2. The highest BCUT2D eigenvalue weighted by molar-refractivity contribution is 9.10. The van der Waals surface area contributed by atoms with Crippen molar-refractivity contribution in [3.63, 3.8) is 0 Å². The summed E-state index contributed by atoms with van der Waals surface area (Å²) >= 11 is 3.45. The maximum atomic E-state index is 9.51. The van der Waals surface area contributed by atoms with Crippen LogP contribution in [0.2, 0.25) is 0 Å². The molecular weight excluding hydrogens is 376 g/mol. The fourth-order valence-electron chi connectivity index (χ4n) is 2.80. The number of nitrogens with one attached hydrogen (secondary N) is 2. The Morgan fingerprint density at radius 3 is 2.68 bits per heavy atom. The van der Waals surface area contributed by atoms with Crippen LogP contribution in [0.4, 0.5) is 11.4 Å². The fraction of sp³-hybridized carbons (Fsp3) is 0. The van der Waals surface area contributed by atoms with Crippen molar-refractivity contribution < 1.29 is 0 Å². The molecule has 4 aromatic rings. The first-order valence-electron chi connectivity index (χ1n) is 7.73. The quantitative estimate of drug-likeness (QED) is 0.479. The molecule has 120 valence electrons. The topological polar surface area (TPSA) is 64.5 Å². The summed E-state index contributed by atoms with van der Waals surface area (Å²) in [5.41, 5.74) is 5.16. The average Bonchev–Trinajstić information content (AvgIpc) is 3.10. The van der Waals surface area contributed by atoms with E-state index in [9.17, 15) is 5.26 Å². The zero-order valence-electron chi connectivity index (χ0n) is 13.1. The van der Waals surface area contributed by atoms with Crippen LogP contribution in [0.25, 0.3) is 22.0 Å². The second-order valence-electron chi connectivity index (χ2n) is 5.63. The Balaban J connectivity index is 1.82. The van der Waals surface area contributed by atoms with E-state index in [1.807, 2.05) is 48.7 Å². The summed E-state index contributed by atoms with van der Waals surface area (Å²) in [4.78, 5) is 7.40. The van der Waals surface area contributed by atoms with Gasteiger partial charge in [0.1, 0.15) is 6.07 Å². The summed E-state index contributed by atoms with van der Waals surface area (Å²) in [6, 6.07) is 18.3. The SMILES string of the molecule is N#Cc1cncc(-c2ccc(Br)cc2)c1Nc1ccc2[nH]ccc2c1. The highest BCUT2D eigenvalue weighted by atomic mass is 79.9. The van der Waals surface area contributed by atoms with Crippen LogP contribution < -0.4 is 5.32 Å². The number of benzene rings is 2. The minimum absolute atomic E-state index is 0.509. The Hall–Kier alpha value is -3.10. The number of fused-ring (bicyclic) bond motifs is 1. The van der Waals surface area contributed by atoms with Crippen LogP contribution in [0.3, 0.4) is 0 Å². The molecule has 25 heavy (non-hydrogen) atoms. The van der Waals surface area contributed by atoms with E-state index in [2.05, 4.69) is 43.4 Å². The summed E-state index contributed by atoms with van der Waals surface area (Å²) in [5, 5.41) is 14.0. The lowest BCUT2D eigenvalue weighted by Gasteiger charge is -2.14. The van der Waals surface area contributed by atoms with Gasteiger partial charge in [0, 0.05) is 45.2 Å². The molecule has 5 heteroatoms. The molecule has 0 aliphatic rings. The van der Waals surface area contributed by atoms with Gasteiger partial charge in [-0.15, -0.1) is 0 Å². The van der Waals surface area contributed by atoms with Crippen LogP contribution in [-0.4, -0.2) is 9.97 Å². The molecule has 0 saturated heterocycles. The molecule has 0 unspecified atom stereocenters. The van der Waals surface area contributed by atoms with Gasteiger partial charge in [0.2, 0.25) is 0 Å². The van der Waals surface area contributed by atoms with Gasteiger partial charge >= 0.3 is 0 Å². The monoisotopic (exact) mass is 388 g/mol. The standard InChI is InChI=1S/C20H13BrN4/c21-16-3-1-13(2-4-16)18-12-23-11-15(10-22)20(18)25-17-5-6-19-14(9-17)7-8-24-19/h1-9,11-12,24H,(H,23,25). The number of aromatic nitrogens is 2. The van der Waals surface area contributed by atoms with Gasteiger partial charge in [-0.3, -0.25) is 4.98 Å². The third-order valence-electron chi connectivity index (χ3n) is 4.04. The molecule has 2 aromatic heterocycles. The third-order valence-corrected chi connectivity index (χ3v) is 4.57. The molecule has 0 spiro atoms. The summed E-state index contributed by atoms with van der Waals surface area (Å²) in [6.45, 7) is 0. The second kappa shape index (κ2) is 6.42. The first kappa shape index (κ1) is 15.4. The van der Waals surface area contributed by atoms with Crippen molar-refractivity contribution in [1.82, 2.24) is 9.97 Å². The van der Waals surface area contributed by atoms with Crippen molar-refractivity contribution >= 4 is 38.2 Å². The molecule has 4 nitrogen and oxygen atoms in total. The lowest BCUT2D eigenvalue weighted by molar-refractivity contribution is 1.30. The third kappa shape index (κ3) is 3.00. The van der Waals surface area contributed by atoms with Gasteiger partial charge in [-0.2, -0.15) is 5.26 Å². The molecule has 0 aliphatic heterocycles. The number of nitrogens with zero attached hydrogens (tertiary/aromatic N) is 2. The van der Waals surface area contributed by atoms with Crippen LogP contribution in [-0.2, 0) is 0 Å². The molecule has 0 aliphatic carbocycles. The predicted octanol–water partition coefficient (Wildman–Crippen LogP) is 5.61. The molecule has 2 N–H and O–H groups in total. The van der Waals surface area contributed by atoms with E-state index in [0.717, 1.165) is 37.9 Å². The number of rotatable bonds is 3. The maximum Gasteiger partial charge on any atom is 0.103 e. The smallest absolute Gasteiger partial charge is 0.103 e. The van der Waals surface area contributed by atoms with E-state index in [1.54, 1.807) is 12.4 Å². The van der Waals surface area contributed by atoms with E-state index >= 15 is 0 Å². The lowest BCUT2D eigenvalue weighted by atomic mass is 10.0. The zero-order valence-corrected chi connectivity index (χ0v) is 14.7.